The minimum absolute atomic E-state index is 0.600. The summed E-state index contributed by atoms with van der Waals surface area (Å²) >= 11 is 28.8. The molecule has 7 aromatic rings. The molecule has 0 amide bonds. The van der Waals surface area contributed by atoms with Crippen molar-refractivity contribution >= 4 is 81.0 Å². The number of aryl methyl sites for hydroxylation is 4. The second-order valence-electron chi connectivity index (χ2n) is 15.4. The molecule has 0 N–H and O–H groups in total. The molecule has 1 spiro atoms. The van der Waals surface area contributed by atoms with Crippen molar-refractivity contribution in [1.29, 1.82) is 0 Å². The minimum Gasteiger partial charge on any atom is -0.493 e. The summed E-state index contributed by atoms with van der Waals surface area (Å²) in [6, 6.07) is 46.7. The van der Waals surface area contributed by atoms with Gasteiger partial charge in [-0.3, -0.25) is 4.57 Å². The zero-order chi connectivity index (χ0) is 46.5. The first-order valence-corrected chi connectivity index (χ1v) is 23.6. The van der Waals surface area contributed by atoms with E-state index in [2.05, 4.69) is 95.6 Å². The molecule has 0 atom stereocenters. The highest BCUT2D eigenvalue weighted by Gasteiger charge is 2.47. The first-order valence-electron chi connectivity index (χ1n) is 21.0. The number of imidazole rings is 1. The number of aliphatic imine (C=N–C) groups is 2. The molecule has 8 nitrogen and oxygen atoms in total. The molecule has 4 bridgehead atoms. The maximum absolute atomic E-state index is 5.97. The highest BCUT2D eigenvalue weighted by Crippen LogP contribution is 2.50. The number of nitrogens with zero attached hydrogens (tertiary/aromatic N) is 4. The number of fused-ring (bicyclic) bond motifs is 2. The van der Waals surface area contributed by atoms with Crippen LogP contribution in [0.2, 0.25) is 0 Å². The number of aromatic nitrogens is 2. The Balaban J connectivity index is 0.000000687. The normalized spacial score (nSPS) is 13.9. The number of hydrogen-bond donors (Lipinski definition) is 0. The number of halogens is 6. The molecule has 4 heterocycles. The van der Waals surface area contributed by atoms with Gasteiger partial charge in [0.15, 0.2) is 31.6 Å². The lowest BCUT2D eigenvalue weighted by Gasteiger charge is -2.31. The van der Waals surface area contributed by atoms with Crippen molar-refractivity contribution in [2.75, 3.05) is 28.4 Å². The third-order valence-corrected chi connectivity index (χ3v) is 11.7. The van der Waals surface area contributed by atoms with Gasteiger partial charge < -0.3 is 18.9 Å². The summed E-state index contributed by atoms with van der Waals surface area (Å²) in [5.74, 6) is 1.93. The number of ether oxygens (including phenoxy) is 4. The van der Waals surface area contributed by atoms with Gasteiger partial charge in [0.1, 0.15) is 5.82 Å². The van der Waals surface area contributed by atoms with Crippen LogP contribution in [0.5, 0.6) is 23.0 Å². The van der Waals surface area contributed by atoms with Gasteiger partial charge in [-0.15, -0.1) is 0 Å². The van der Waals surface area contributed by atoms with Crippen LogP contribution in [0.1, 0.15) is 38.9 Å². The standard InChI is InChI=1S/C50H42N4O4.2CHCl3/c1-55-41-25-23-37(29-43(41)57-3)47-48(38-24-26-42(56-2)44(30-38)58-4)54-49(51-47)39-27-31-15-16-32-18-20-34(22-21-33(39)19-17-31)40(28-32)50(54)52-45(35-11-7-5-8-12-35)46(53-50)36-13-9-6-10-14-36;2*2-1(3)4/h5-14,17-20,23-30H,15-16,21-22H2,1-4H3;2*1H. The predicted octanol–water partition coefficient (Wildman–Crippen LogP) is 13.7. The summed E-state index contributed by atoms with van der Waals surface area (Å²) in [4.78, 5) is 17.7. The lowest BCUT2D eigenvalue weighted by atomic mass is 9.90. The molecule has 1 aromatic heterocycles. The van der Waals surface area contributed by atoms with Crippen LogP contribution in [0.3, 0.4) is 0 Å². The first kappa shape index (κ1) is 47.3. The molecule has 0 saturated heterocycles. The van der Waals surface area contributed by atoms with E-state index in [1.165, 1.54) is 22.3 Å². The van der Waals surface area contributed by atoms with Crippen molar-refractivity contribution in [2.45, 2.75) is 40.1 Å². The molecule has 3 aliphatic heterocycles. The Hall–Kier alpha value is -5.19. The Kier molecular flexibility index (Phi) is 14.9. The summed E-state index contributed by atoms with van der Waals surface area (Å²) in [7, 11) is 6.63. The summed E-state index contributed by atoms with van der Waals surface area (Å²) < 4.78 is 24.1. The lowest BCUT2D eigenvalue weighted by Crippen LogP contribution is -2.32. The molecule has 338 valence electrons. The molecular formula is C52H44Cl6N4O4. The molecule has 0 radical (unpaired) electrons. The van der Waals surface area contributed by atoms with Gasteiger partial charge in [-0.1, -0.05) is 155 Å². The van der Waals surface area contributed by atoms with E-state index in [9.17, 15) is 0 Å². The second-order valence-corrected chi connectivity index (χ2v) is 19.3. The Bertz CT molecular complexity index is 2850. The number of alkyl halides is 6. The van der Waals surface area contributed by atoms with Crippen LogP contribution >= 0.6 is 69.6 Å². The molecule has 0 saturated carbocycles. The summed E-state index contributed by atoms with van der Waals surface area (Å²) in [6.45, 7) is 0. The summed E-state index contributed by atoms with van der Waals surface area (Å²) in [5.41, 5.74) is 13.9. The minimum atomic E-state index is -1.32. The smallest absolute Gasteiger partial charge is 0.261 e. The van der Waals surface area contributed by atoms with Crippen LogP contribution in [-0.2, 0) is 31.5 Å². The molecule has 66 heavy (non-hydrogen) atoms. The molecule has 0 fully saturated rings. The Morgan fingerprint density at radius 2 is 0.955 bits per heavy atom. The Morgan fingerprint density at radius 1 is 0.485 bits per heavy atom. The van der Waals surface area contributed by atoms with E-state index in [1.54, 1.807) is 28.4 Å². The predicted molar refractivity (Wildman–Crippen MR) is 272 cm³/mol. The Labute approximate surface area is 414 Å². The molecule has 0 unspecified atom stereocenters. The summed E-state index contributed by atoms with van der Waals surface area (Å²) in [6.07, 6.45) is 3.41. The van der Waals surface area contributed by atoms with Crippen molar-refractivity contribution in [3.63, 3.8) is 0 Å². The maximum Gasteiger partial charge on any atom is 0.261 e. The summed E-state index contributed by atoms with van der Waals surface area (Å²) in [5, 5.41) is 0. The highest BCUT2D eigenvalue weighted by molar-refractivity contribution is 6.63. The second kappa shape index (κ2) is 20.8. The maximum atomic E-state index is 5.97. The van der Waals surface area contributed by atoms with Gasteiger partial charge in [-0.25, -0.2) is 15.0 Å². The van der Waals surface area contributed by atoms with Gasteiger partial charge in [0, 0.05) is 33.4 Å². The van der Waals surface area contributed by atoms with Crippen molar-refractivity contribution in [1.82, 2.24) is 9.55 Å². The number of benzene rings is 6. The quantitative estimate of drug-likeness (QED) is 0.142. The molecular weight excluding hydrogens is 957 g/mol. The van der Waals surface area contributed by atoms with Crippen LogP contribution in [0.4, 0.5) is 0 Å². The van der Waals surface area contributed by atoms with E-state index in [1.807, 2.05) is 42.5 Å². The molecule has 10 rings (SSSR count). The fourth-order valence-corrected chi connectivity index (χ4v) is 8.79. The van der Waals surface area contributed by atoms with Gasteiger partial charge in [0.2, 0.25) is 0 Å². The van der Waals surface area contributed by atoms with Gasteiger partial charge in [0.25, 0.3) is 5.79 Å². The van der Waals surface area contributed by atoms with Gasteiger partial charge in [0.05, 0.1) is 51.3 Å². The van der Waals surface area contributed by atoms with E-state index in [-0.39, 0.29) is 0 Å². The fourth-order valence-electron chi connectivity index (χ4n) is 8.79. The third kappa shape index (κ3) is 9.64. The van der Waals surface area contributed by atoms with Crippen LogP contribution in [0.25, 0.3) is 33.9 Å². The molecule has 14 heteroatoms. The van der Waals surface area contributed by atoms with E-state index in [4.69, 9.17) is 104 Å². The molecule has 0 aliphatic carbocycles. The average Bonchev–Trinajstić information content (AvgIpc) is 3.94. The number of methoxy groups -OCH3 is 4. The van der Waals surface area contributed by atoms with Gasteiger partial charge in [-0.2, -0.15) is 0 Å². The van der Waals surface area contributed by atoms with Crippen LogP contribution < -0.4 is 18.9 Å². The van der Waals surface area contributed by atoms with Crippen molar-refractivity contribution in [2.24, 2.45) is 9.98 Å². The van der Waals surface area contributed by atoms with Crippen molar-refractivity contribution < 1.29 is 18.9 Å². The van der Waals surface area contributed by atoms with Crippen LogP contribution in [-0.4, -0.2) is 58.0 Å². The van der Waals surface area contributed by atoms with Crippen molar-refractivity contribution in [3.8, 4) is 56.9 Å². The van der Waals surface area contributed by atoms with E-state index in [0.717, 1.165) is 87.7 Å². The fraction of sp³-hybridized carbons (Fsp3) is 0.212. The lowest BCUT2D eigenvalue weighted by molar-refractivity contribution is 0.355. The van der Waals surface area contributed by atoms with Crippen molar-refractivity contribution in [3.05, 3.63) is 172 Å². The third-order valence-electron chi connectivity index (χ3n) is 11.7. The van der Waals surface area contributed by atoms with Crippen LogP contribution in [0.15, 0.2) is 143 Å². The topological polar surface area (TPSA) is 79.5 Å². The van der Waals surface area contributed by atoms with Crippen LogP contribution in [0, 0.1) is 0 Å². The number of hydrogen-bond acceptors (Lipinski definition) is 7. The molecule has 6 aromatic carbocycles. The van der Waals surface area contributed by atoms with E-state index < -0.39 is 14.4 Å². The zero-order valence-corrected chi connectivity index (χ0v) is 40.9. The number of rotatable bonds is 8. The largest absolute Gasteiger partial charge is 0.493 e. The average molecular weight is 1000 g/mol. The first-order chi connectivity index (χ1) is 32.0. The van der Waals surface area contributed by atoms with E-state index in [0.29, 0.717) is 23.0 Å². The SMILES string of the molecule is COc1ccc(-c2nc3n(c2-c2ccc(OC)c(OC)c2)C2(N=C(c4ccccc4)C(c4ccccc4)=N2)c2cc4ccc2CCc2ccc(cc2-3)CC4)cc1OC.ClC(Cl)Cl.ClC(Cl)Cl. The molecule has 3 aliphatic rings. The Morgan fingerprint density at radius 3 is 1.48 bits per heavy atom. The monoisotopic (exact) mass is 998 g/mol. The van der Waals surface area contributed by atoms with Gasteiger partial charge >= 0.3 is 0 Å². The zero-order valence-electron chi connectivity index (χ0n) is 36.4. The van der Waals surface area contributed by atoms with E-state index >= 15 is 0 Å². The van der Waals surface area contributed by atoms with Gasteiger partial charge in [-0.05, 0) is 96.5 Å². The highest BCUT2D eigenvalue weighted by atomic mass is 35.6.